The van der Waals surface area contributed by atoms with Crippen molar-refractivity contribution in [1.29, 1.82) is 0 Å². The zero-order chi connectivity index (χ0) is 19.1. The molecule has 2 aromatic heterocycles. The molecule has 0 atom stereocenters. The minimum atomic E-state index is -0.760. The van der Waals surface area contributed by atoms with Crippen molar-refractivity contribution in [2.75, 3.05) is 18.9 Å². The molecule has 0 aliphatic heterocycles. The van der Waals surface area contributed by atoms with Crippen LogP contribution in [0, 0.1) is 0 Å². The molecule has 0 spiro atoms. The molecule has 1 amide bonds. The number of benzene rings is 1. The second-order valence-corrected chi connectivity index (χ2v) is 7.64. The Kier molecular flexibility index (Phi) is 6.61. The summed E-state index contributed by atoms with van der Waals surface area (Å²) in [5, 5.41) is 11.5. The number of thioether (sulfide) groups is 1. The topological polar surface area (TPSA) is 101 Å². The Morgan fingerprint density at radius 3 is 2.78 bits per heavy atom. The largest absolute Gasteiger partial charge is 0.451 e. The lowest BCUT2D eigenvalue weighted by molar-refractivity contribution is -0.124. The van der Waals surface area contributed by atoms with Crippen LogP contribution in [0.15, 0.2) is 46.6 Å². The first-order valence-corrected chi connectivity index (χ1v) is 10.2. The van der Waals surface area contributed by atoms with Crippen LogP contribution < -0.4 is 10.9 Å². The quantitative estimate of drug-likeness (QED) is 0.442. The van der Waals surface area contributed by atoms with Gasteiger partial charge in [-0.15, -0.1) is 11.3 Å². The molecule has 3 aromatic rings. The maximum atomic E-state index is 12.2. The number of carbonyl (C=O) groups excluding carboxylic acids is 2. The molecule has 1 aromatic carbocycles. The Morgan fingerprint density at radius 2 is 2.00 bits per heavy atom. The molecule has 0 bridgehead atoms. The summed E-state index contributed by atoms with van der Waals surface area (Å²) < 4.78 is 5.01. The second kappa shape index (κ2) is 9.33. The van der Waals surface area contributed by atoms with E-state index in [1.807, 2.05) is 11.4 Å². The maximum Gasteiger partial charge on any atom is 0.359 e. The number of esters is 1. The van der Waals surface area contributed by atoms with Gasteiger partial charge in [-0.3, -0.25) is 9.59 Å². The van der Waals surface area contributed by atoms with E-state index >= 15 is 0 Å². The number of carbonyl (C=O) groups is 2. The molecule has 0 unspecified atom stereocenters. The number of ether oxygens (including phenoxy) is 1. The number of nitrogens with zero attached hydrogens (tertiary/aromatic N) is 1. The van der Waals surface area contributed by atoms with Crippen LogP contribution in [0.25, 0.3) is 10.8 Å². The Bertz CT molecular complexity index is 986. The van der Waals surface area contributed by atoms with E-state index in [1.54, 1.807) is 47.4 Å². The van der Waals surface area contributed by atoms with E-state index in [0.717, 1.165) is 11.5 Å². The minimum absolute atomic E-state index is 0.0236. The predicted molar refractivity (Wildman–Crippen MR) is 106 cm³/mol. The molecule has 0 saturated carbocycles. The number of aromatic nitrogens is 2. The summed E-state index contributed by atoms with van der Waals surface area (Å²) in [7, 11) is 0. The molecule has 0 aliphatic rings. The highest BCUT2D eigenvalue weighted by molar-refractivity contribution is 7.98. The number of aromatic amines is 1. The SMILES string of the molecule is O=C(COC(=O)c1n[nH]c(=O)c2ccccc12)NCCSCc1cccs1. The van der Waals surface area contributed by atoms with Gasteiger partial charge in [0.1, 0.15) is 0 Å². The van der Waals surface area contributed by atoms with Gasteiger partial charge < -0.3 is 10.1 Å². The molecule has 2 N–H and O–H groups in total. The summed E-state index contributed by atoms with van der Waals surface area (Å²) in [5.41, 5.74) is -0.413. The summed E-state index contributed by atoms with van der Waals surface area (Å²) >= 11 is 3.43. The van der Waals surface area contributed by atoms with Crippen molar-refractivity contribution in [3.63, 3.8) is 0 Å². The van der Waals surface area contributed by atoms with Crippen molar-refractivity contribution in [2.45, 2.75) is 5.75 Å². The molecular weight excluding hydrogens is 386 g/mol. The molecule has 27 heavy (non-hydrogen) atoms. The first kappa shape index (κ1) is 19.1. The molecule has 7 nitrogen and oxygen atoms in total. The highest BCUT2D eigenvalue weighted by Gasteiger charge is 2.16. The van der Waals surface area contributed by atoms with E-state index in [9.17, 15) is 14.4 Å². The number of nitrogens with one attached hydrogen (secondary N) is 2. The van der Waals surface area contributed by atoms with Gasteiger partial charge in [-0.1, -0.05) is 24.3 Å². The number of fused-ring (bicyclic) bond motifs is 1. The Morgan fingerprint density at radius 1 is 1.19 bits per heavy atom. The maximum absolute atomic E-state index is 12.2. The summed E-state index contributed by atoms with van der Waals surface area (Å²) in [4.78, 5) is 37.0. The zero-order valence-electron chi connectivity index (χ0n) is 14.3. The first-order valence-electron chi connectivity index (χ1n) is 8.16. The molecule has 0 saturated heterocycles. The van der Waals surface area contributed by atoms with Crippen LogP contribution in [0.1, 0.15) is 15.4 Å². The van der Waals surface area contributed by atoms with Crippen LogP contribution >= 0.6 is 23.1 Å². The van der Waals surface area contributed by atoms with Crippen molar-refractivity contribution in [3.05, 3.63) is 62.7 Å². The Balaban J connectivity index is 1.44. The predicted octanol–water partition coefficient (Wildman–Crippen LogP) is 2.19. The number of amides is 1. The molecule has 140 valence electrons. The lowest BCUT2D eigenvalue weighted by Gasteiger charge is -2.07. The van der Waals surface area contributed by atoms with E-state index in [-0.39, 0.29) is 17.2 Å². The van der Waals surface area contributed by atoms with Gasteiger partial charge in [-0.05, 0) is 17.5 Å². The summed E-state index contributed by atoms with van der Waals surface area (Å²) in [5.74, 6) is 0.537. The second-order valence-electron chi connectivity index (χ2n) is 5.50. The van der Waals surface area contributed by atoms with Crippen LogP contribution in [-0.4, -0.2) is 41.0 Å². The fourth-order valence-electron chi connectivity index (χ4n) is 2.35. The van der Waals surface area contributed by atoms with Crippen molar-refractivity contribution in [1.82, 2.24) is 15.5 Å². The third kappa shape index (κ3) is 5.18. The molecule has 2 heterocycles. The van der Waals surface area contributed by atoms with Crippen molar-refractivity contribution >= 4 is 45.7 Å². The minimum Gasteiger partial charge on any atom is -0.451 e. The van der Waals surface area contributed by atoms with Crippen LogP contribution in [0.5, 0.6) is 0 Å². The standard InChI is InChI=1S/C18H17N3O4S2/c22-15(19-7-9-26-11-12-4-3-8-27-12)10-25-18(24)16-13-5-1-2-6-14(13)17(23)21-20-16/h1-6,8H,7,9-11H2,(H,19,22)(H,21,23). The van der Waals surface area contributed by atoms with Gasteiger partial charge >= 0.3 is 5.97 Å². The molecule has 9 heteroatoms. The van der Waals surface area contributed by atoms with E-state index in [1.165, 1.54) is 4.88 Å². The van der Waals surface area contributed by atoms with Crippen molar-refractivity contribution in [3.8, 4) is 0 Å². The van der Waals surface area contributed by atoms with Crippen LogP contribution in [-0.2, 0) is 15.3 Å². The van der Waals surface area contributed by atoms with Gasteiger partial charge in [0.15, 0.2) is 12.3 Å². The average Bonchev–Trinajstić information content (AvgIpc) is 3.20. The average molecular weight is 403 g/mol. The number of hydrogen-bond acceptors (Lipinski definition) is 7. The van der Waals surface area contributed by atoms with E-state index in [4.69, 9.17) is 4.74 Å². The smallest absolute Gasteiger partial charge is 0.359 e. The summed E-state index contributed by atoms with van der Waals surface area (Å²) in [6, 6.07) is 10.7. The fourth-order valence-corrected chi connectivity index (χ4v) is 4.05. The summed E-state index contributed by atoms with van der Waals surface area (Å²) in [6.45, 7) is 0.0931. The summed E-state index contributed by atoms with van der Waals surface area (Å²) in [6.07, 6.45) is 0. The number of thiophene rings is 1. The normalized spacial score (nSPS) is 10.7. The molecule has 0 fully saturated rings. The molecule has 3 rings (SSSR count). The number of H-pyrrole nitrogens is 1. The zero-order valence-corrected chi connectivity index (χ0v) is 15.9. The van der Waals surface area contributed by atoms with Crippen LogP contribution in [0.4, 0.5) is 0 Å². The lowest BCUT2D eigenvalue weighted by atomic mass is 10.1. The van der Waals surface area contributed by atoms with Gasteiger partial charge in [-0.25, -0.2) is 9.89 Å². The highest BCUT2D eigenvalue weighted by Crippen LogP contribution is 2.16. The van der Waals surface area contributed by atoms with E-state index in [2.05, 4.69) is 21.6 Å². The third-order valence-electron chi connectivity index (χ3n) is 3.62. The Hall–Kier alpha value is -2.65. The fraction of sp³-hybridized carbons (Fsp3) is 0.222. The number of hydrogen-bond donors (Lipinski definition) is 2. The van der Waals surface area contributed by atoms with Gasteiger partial charge in [0.05, 0.1) is 5.39 Å². The van der Waals surface area contributed by atoms with Gasteiger partial charge in [0, 0.05) is 28.3 Å². The highest BCUT2D eigenvalue weighted by atomic mass is 32.2. The molecular formula is C18H17N3O4S2. The van der Waals surface area contributed by atoms with Crippen molar-refractivity contribution < 1.29 is 14.3 Å². The third-order valence-corrected chi connectivity index (χ3v) is 5.68. The lowest BCUT2D eigenvalue weighted by Crippen LogP contribution is -2.30. The van der Waals surface area contributed by atoms with Crippen molar-refractivity contribution in [2.24, 2.45) is 0 Å². The van der Waals surface area contributed by atoms with E-state index < -0.39 is 12.6 Å². The van der Waals surface area contributed by atoms with E-state index in [0.29, 0.717) is 17.3 Å². The van der Waals surface area contributed by atoms with Crippen LogP contribution in [0.2, 0.25) is 0 Å². The molecule has 0 radical (unpaired) electrons. The number of rotatable bonds is 8. The van der Waals surface area contributed by atoms with Gasteiger partial charge in [0.2, 0.25) is 0 Å². The van der Waals surface area contributed by atoms with Crippen LogP contribution in [0.3, 0.4) is 0 Å². The monoisotopic (exact) mass is 403 g/mol. The van der Waals surface area contributed by atoms with Gasteiger partial charge in [-0.2, -0.15) is 16.9 Å². The van der Waals surface area contributed by atoms with Gasteiger partial charge in [0.25, 0.3) is 11.5 Å². The molecule has 0 aliphatic carbocycles. The Labute approximate surface area is 163 Å². The first-order chi connectivity index (χ1) is 13.1.